The zero-order chi connectivity index (χ0) is 15.4. The zero-order valence-corrected chi connectivity index (χ0v) is 12.8. The van der Waals surface area contributed by atoms with E-state index in [9.17, 15) is 9.59 Å². The molecule has 1 aromatic rings. The van der Waals surface area contributed by atoms with Crippen LogP contribution in [-0.2, 0) is 4.79 Å². The molecule has 0 bridgehead atoms. The normalized spacial score (nSPS) is 15.6. The van der Waals surface area contributed by atoms with Crippen molar-refractivity contribution in [3.63, 3.8) is 0 Å². The molecule has 0 aromatic heterocycles. The summed E-state index contributed by atoms with van der Waals surface area (Å²) in [7, 11) is 1.52. The van der Waals surface area contributed by atoms with Crippen molar-refractivity contribution in [3.05, 3.63) is 40.5 Å². The number of hydrogen-bond donors (Lipinski definition) is 2. The third-order valence-electron chi connectivity index (χ3n) is 2.66. The van der Waals surface area contributed by atoms with Crippen LogP contribution in [-0.4, -0.2) is 25.7 Å². The number of carbonyl (C=O) groups excluding carboxylic acids is 2. The number of benzene rings is 1. The molecule has 1 fully saturated rings. The Labute approximate surface area is 129 Å². The van der Waals surface area contributed by atoms with E-state index in [1.54, 1.807) is 24.3 Å². The lowest BCUT2D eigenvalue weighted by Gasteiger charge is -2.11. The van der Waals surface area contributed by atoms with Gasteiger partial charge in [-0.05, 0) is 23.8 Å². The van der Waals surface area contributed by atoms with E-state index in [0.717, 1.165) is 0 Å². The maximum Gasteiger partial charge on any atom is 0.326 e. The lowest BCUT2D eigenvalue weighted by Crippen LogP contribution is -2.22. The van der Waals surface area contributed by atoms with E-state index in [1.165, 1.54) is 7.11 Å². The molecule has 0 atom stereocenters. The van der Waals surface area contributed by atoms with Crippen molar-refractivity contribution in [2.75, 3.05) is 13.7 Å². The van der Waals surface area contributed by atoms with Crippen LogP contribution in [0, 0.1) is 0 Å². The summed E-state index contributed by atoms with van der Waals surface area (Å²) in [6.07, 6.45) is 3.17. The number of rotatable bonds is 5. The Balaban J connectivity index is 2.36. The van der Waals surface area contributed by atoms with Crippen molar-refractivity contribution < 1.29 is 19.1 Å². The van der Waals surface area contributed by atoms with Gasteiger partial charge in [0.15, 0.2) is 11.5 Å². The number of methoxy groups -OCH3 is 1. The van der Waals surface area contributed by atoms with Crippen LogP contribution in [0.1, 0.15) is 5.56 Å². The van der Waals surface area contributed by atoms with Crippen molar-refractivity contribution >= 4 is 33.9 Å². The average Bonchev–Trinajstić information content (AvgIpc) is 2.77. The molecule has 1 saturated heterocycles. The fourth-order valence-electron chi connectivity index (χ4n) is 1.72. The van der Waals surface area contributed by atoms with E-state index in [2.05, 4.69) is 33.1 Å². The van der Waals surface area contributed by atoms with Gasteiger partial charge in [0.05, 0.1) is 7.11 Å². The molecule has 21 heavy (non-hydrogen) atoms. The zero-order valence-electron chi connectivity index (χ0n) is 11.2. The first-order valence-electron chi connectivity index (χ1n) is 6.00. The summed E-state index contributed by atoms with van der Waals surface area (Å²) in [5.41, 5.74) is 0.840. The molecular formula is C14H13BrN2O4. The molecule has 1 aliphatic heterocycles. The van der Waals surface area contributed by atoms with Gasteiger partial charge in [0.1, 0.15) is 12.3 Å². The van der Waals surface area contributed by atoms with E-state index in [4.69, 9.17) is 9.47 Å². The fraction of sp³-hybridized carbons (Fsp3) is 0.143. The van der Waals surface area contributed by atoms with Gasteiger partial charge in [-0.15, -0.1) is 0 Å². The molecule has 0 aliphatic carbocycles. The predicted octanol–water partition coefficient (Wildman–Crippen LogP) is 2.20. The van der Waals surface area contributed by atoms with Crippen LogP contribution < -0.4 is 20.1 Å². The first kappa shape index (κ1) is 15.1. The summed E-state index contributed by atoms with van der Waals surface area (Å²) in [4.78, 5) is 22.6. The van der Waals surface area contributed by atoms with Crippen LogP contribution in [0.15, 0.2) is 35.0 Å². The first-order chi connectivity index (χ1) is 10.0. The highest BCUT2D eigenvalue weighted by atomic mass is 79.9. The minimum atomic E-state index is -0.541. The molecule has 2 N–H and O–H groups in total. The SMILES string of the molecule is C=CCOc1cc(Br)c(/C=C2\NC(=O)NC2=O)cc1OC. The summed E-state index contributed by atoms with van der Waals surface area (Å²) in [6, 6.07) is 2.89. The Hall–Kier alpha value is -2.28. The van der Waals surface area contributed by atoms with Gasteiger partial charge in [0, 0.05) is 4.47 Å². The number of urea groups is 1. The third kappa shape index (κ3) is 3.43. The number of amides is 3. The van der Waals surface area contributed by atoms with Gasteiger partial charge in [-0.25, -0.2) is 4.79 Å². The van der Waals surface area contributed by atoms with Crippen molar-refractivity contribution in [2.45, 2.75) is 0 Å². The molecule has 110 valence electrons. The second-order valence-electron chi connectivity index (χ2n) is 4.09. The minimum absolute atomic E-state index is 0.169. The van der Waals surface area contributed by atoms with Gasteiger partial charge < -0.3 is 14.8 Å². The van der Waals surface area contributed by atoms with Crippen molar-refractivity contribution in [2.24, 2.45) is 0 Å². The molecule has 0 spiro atoms. The van der Waals surface area contributed by atoms with Crippen LogP contribution in [0.25, 0.3) is 6.08 Å². The van der Waals surface area contributed by atoms with Gasteiger partial charge in [0.25, 0.3) is 5.91 Å². The Morgan fingerprint density at radius 3 is 2.62 bits per heavy atom. The van der Waals surface area contributed by atoms with Gasteiger partial charge in [-0.3, -0.25) is 10.1 Å². The maximum absolute atomic E-state index is 11.5. The Morgan fingerprint density at radius 1 is 1.29 bits per heavy atom. The summed E-state index contributed by atoms with van der Waals surface area (Å²) in [5, 5.41) is 4.56. The minimum Gasteiger partial charge on any atom is -0.493 e. The fourth-order valence-corrected chi connectivity index (χ4v) is 2.16. The van der Waals surface area contributed by atoms with E-state index < -0.39 is 11.9 Å². The average molecular weight is 353 g/mol. The quantitative estimate of drug-likeness (QED) is 0.483. The molecular weight excluding hydrogens is 340 g/mol. The number of ether oxygens (including phenoxy) is 2. The van der Waals surface area contributed by atoms with Crippen molar-refractivity contribution in [3.8, 4) is 11.5 Å². The smallest absolute Gasteiger partial charge is 0.326 e. The van der Waals surface area contributed by atoms with Gasteiger partial charge in [-0.1, -0.05) is 28.6 Å². The molecule has 1 aromatic carbocycles. The molecule has 0 radical (unpaired) electrons. The predicted molar refractivity (Wildman–Crippen MR) is 81.0 cm³/mol. The van der Waals surface area contributed by atoms with Crippen LogP contribution in [0.3, 0.4) is 0 Å². The molecule has 7 heteroatoms. The van der Waals surface area contributed by atoms with E-state index in [0.29, 0.717) is 28.1 Å². The Kier molecular flexibility index (Phi) is 4.64. The number of imide groups is 1. The summed E-state index contributed by atoms with van der Waals surface area (Å²) >= 11 is 3.39. The lowest BCUT2D eigenvalue weighted by molar-refractivity contribution is -0.115. The molecule has 2 rings (SSSR count). The second-order valence-corrected chi connectivity index (χ2v) is 4.94. The highest BCUT2D eigenvalue weighted by Gasteiger charge is 2.23. The van der Waals surface area contributed by atoms with Crippen LogP contribution in [0.2, 0.25) is 0 Å². The summed E-state index contributed by atoms with van der Waals surface area (Å²) in [6.45, 7) is 3.93. The summed E-state index contributed by atoms with van der Waals surface area (Å²) < 4.78 is 11.4. The van der Waals surface area contributed by atoms with Crippen LogP contribution in [0.4, 0.5) is 4.79 Å². The number of carbonyl (C=O) groups is 2. The highest BCUT2D eigenvalue weighted by Crippen LogP contribution is 2.34. The Bertz CT molecular complexity index is 640. The summed E-state index contributed by atoms with van der Waals surface area (Å²) in [5.74, 6) is 0.584. The molecule has 3 amide bonds. The third-order valence-corrected chi connectivity index (χ3v) is 3.35. The topological polar surface area (TPSA) is 76.7 Å². The largest absolute Gasteiger partial charge is 0.493 e. The van der Waals surface area contributed by atoms with Crippen molar-refractivity contribution in [1.29, 1.82) is 0 Å². The van der Waals surface area contributed by atoms with Crippen LogP contribution in [0.5, 0.6) is 11.5 Å². The van der Waals surface area contributed by atoms with Crippen LogP contribution >= 0.6 is 15.9 Å². The van der Waals surface area contributed by atoms with Gasteiger partial charge >= 0.3 is 6.03 Å². The molecule has 0 saturated carbocycles. The number of halogens is 1. The lowest BCUT2D eigenvalue weighted by atomic mass is 10.1. The van der Waals surface area contributed by atoms with Gasteiger partial charge in [0.2, 0.25) is 0 Å². The standard InChI is InChI=1S/C14H13BrN2O4/c1-3-4-21-12-7-9(15)8(6-11(12)20-2)5-10-13(18)17-14(19)16-10/h3,5-7H,1,4H2,2H3,(H2,16,17,18,19)/b10-5-. The maximum atomic E-state index is 11.5. The van der Waals surface area contributed by atoms with E-state index in [-0.39, 0.29) is 5.70 Å². The highest BCUT2D eigenvalue weighted by molar-refractivity contribution is 9.10. The number of nitrogens with one attached hydrogen (secondary N) is 2. The monoisotopic (exact) mass is 352 g/mol. The molecule has 6 nitrogen and oxygen atoms in total. The van der Waals surface area contributed by atoms with E-state index >= 15 is 0 Å². The molecule has 1 aliphatic rings. The van der Waals surface area contributed by atoms with Gasteiger partial charge in [-0.2, -0.15) is 0 Å². The number of hydrogen-bond acceptors (Lipinski definition) is 4. The second kappa shape index (κ2) is 6.45. The first-order valence-corrected chi connectivity index (χ1v) is 6.79. The molecule has 1 heterocycles. The Morgan fingerprint density at radius 2 is 2.05 bits per heavy atom. The van der Waals surface area contributed by atoms with Crippen molar-refractivity contribution in [1.82, 2.24) is 10.6 Å². The molecule has 0 unspecified atom stereocenters. The van der Waals surface area contributed by atoms with E-state index in [1.807, 2.05) is 0 Å².